The van der Waals surface area contributed by atoms with Crippen LogP contribution in [0.5, 0.6) is 0 Å². The van der Waals surface area contributed by atoms with Crippen LogP contribution in [0.4, 0.5) is 0 Å². The molecule has 2 rings (SSSR count). The number of nitrogens with zero attached hydrogens (tertiary/aromatic N) is 1. The van der Waals surface area contributed by atoms with Crippen molar-refractivity contribution in [2.75, 3.05) is 19.7 Å². The second-order valence-electron chi connectivity index (χ2n) is 5.45. The average Bonchev–Trinajstić information content (AvgIpc) is 2.48. The van der Waals surface area contributed by atoms with E-state index in [1.165, 1.54) is 5.56 Å². The van der Waals surface area contributed by atoms with Crippen molar-refractivity contribution in [2.24, 2.45) is 0 Å². The van der Waals surface area contributed by atoms with Crippen molar-refractivity contribution in [3.8, 4) is 0 Å². The SMILES string of the molecule is Cc1ccc(CC(=O)N2CCC(OCC(=O)O)CC2)cc1. The summed E-state index contributed by atoms with van der Waals surface area (Å²) >= 11 is 0. The first-order chi connectivity index (χ1) is 10.0. The van der Waals surface area contributed by atoms with E-state index < -0.39 is 5.97 Å². The third-order valence-electron chi connectivity index (χ3n) is 3.71. The van der Waals surface area contributed by atoms with E-state index in [2.05, 4.69) is 0 Å². The first-order valence-corrected chi connectivity index (χ1v) is 7.21. The van der Waals surface area contributed by atoms with Crippen molar-refractivity contribution in [3.05, 3.63) is 35.4 Å². The molecule has 0 aromatic heterocycles. The topological polar surface area (TPSA) is 66.8 Å². The molecule has 0 bridgehead atoms. The summed E-state index contributed by atoms with van der Waals surface area (Å²) in [7, 11) is 0. The Morgan fingerprint density at radius 2 is 1.86 bits per heavy atom. The van der Waals surface area contributed by atoms with E-state index in [0.717, 1.165) is 5.56 Å². The molecule has 1 aromatic rings. The first-order valence-electron chi connectivity index (χ1n) is 7.21. The Balaban J connectivity index is 1.77. The van der Waals surface area contributed by atoms with Crippen molar-refractivity contribution in [2.45, 2.75) is 32.3 Å². The minimum absolute atomic E-state index is 0.0514. The van der Waals surface area contributed by atoms with Gasteiger partial charge in [0, 0.05) is 13.1 Å². The highest BCUT2D eigenvalue weighted by atomic mass is 16.5. The number of rotatable bonds is 5. The number of carbonyl (C=O) groups excluding carboxylic acids is 1. The van der Waals surface area contributed by atoms with Crippen molar-refractivity contribution in [1.29, 1.82) is 0 Å². The molecule has 0 atom stereocenters. The van der Waals surface area contributed by atoms with Gasteiger partial charge in [-0.15, -0.1) is 0 Å². The molecular formula is C16H21NO4. The monoisotopic (exact) mass is 291 g/mol. The Morgan fingerprint density at radius 1 is 1.24 bits per heavy atom. The van der Waals surface area contributed by atoms with Crippen LogP contribution in [-0.4, -0.2) is 47.7 Å². The van der Waals surface area contributed by atoms with Crippen molar-refractivity contribution in [1.82, 2.24) is 4.90 Å². The maximum atomic E-state index is 12.2. The second-order valence-corrected chi connectivity index (χ2v) is 5.45. The van der Waals surface area contributed by atoms with E-state index in [9.17, 15) is 9.59 Å². The Bertz CT molecular complexity index is 490. The highest BCUT2D eigenvalue weighted by Crippen LogP contribution is 2.15. The van der Waals surface area contributed by atoms with Crippen molar-refractivity contribution >= 4 is 11.9 Å². The van der Waals surface area contributed by atoms with Crippen LogP contribution in [0.3, 0.4) is 0 Å². The van der Waals surface area contributed by atoms with Gasteiger partial charge in [0.25, 0.3) is 0 Å². The predicted molar refractivity (Wildman–Crippen MR) is 78.1 cm³/mol. The Hall–Kier alpha value is -1.88. The van der Waals surface area contributed by atoms with Crippen LogP contribution in [0.2, 0.25) is 0 Å². The molecule has 0 spiro atoms. The van der Waals surface area contributed by atoms with Crippen molar-refractivity contribution < 1.29 is 19.4 Å². The van der Waals surface area contributed by atoms with Gasteiger partial charge < -0.3 is 14.7 Å². The number of hydrogen-bond donors (Lipinski definition) is 1. The first kappa shape index (κ1) is 15.5. The van der Waals surface area contributed by atoms with E-state index in [0.29, 0.717) is 32.4 Å². The van der Waals surface area contributed by atoms with E-state index in [-0.39, 0.29) is 18.6 Å². The number of piperidine rings is 1. The number of amides is 1. The summed E-state index contributed by atoms with van der Waals surface area (Å²) < 4.78 is 5.27. The average molecular weight is 291 g/mol. The zero-order chi connectivity index (χ0) is 15.2. The number of hydrogen-bond acceptors (Lipinski definition) is 3. The molecule has 114 valence electrons. The van der Waals surface area contributed by atoms with E-state index in [1.807, 2.05) is 36.1 Å². The standard InChI is InChI=1S/C16H21NO4/c1-12-2-4-13(5-3-12)10-15(18)17-8-6-14(7-9-17)21-11-16(19)20/h2-5,14H,6-11H2,1H3,(H,19,20). The fourth-order valence-electron chi connectivity index (χ4n) is 2.45. The lowest BCUT2D eigenvalue weighted by Crippen LogP contribution is -2.41. The summed E-state index contributed by atoms with van der Waals surface area (Å²) in [6.07, 6.45) is 1.77. The van der Waals surface area contributed by atoms with Crippen molar-refractivity contribution in [3.63, 3.8) is 0 Å². The zero-order valence-corrected chi connectivity index (χ0v) is 12.2. The van der Waals surface area contributed by atoms with Gasteiger partial charge in [-0.05, 0) is 25.3 Å². The van der Waals surface area contributed by atoms with Gasteiger partial charge >= 0.3 is 5.97 Å². The molecule has 21 heavy (non-hydrogen) atoms. The Kier molecular flexibility index (Phi) is 5.33. The minimum atomic E-state index is -0.951. The molecule has 1 aromatic carbocycles. The normalized spacial score (nSPS) is 16.0. The molecule has 0 aliphatic carbocycles. The van der Waals surface area contributed by atoms with Gasteiger partial charge in [-0.1, -0.05) is 29.8 Å². The Labute approximate surface area is 124 Å². The van der Waals surface area contributed by atoms with Gasteiger partial charge in [0.2, 0.25) is 5.91 Å². The molecule has 1 aliphatic heterocycles. The highest BCUT2D eigenvalue weighted by molar-refractivity contribution is 5.78. The van der Waals surface area contributed by atoms with E-state index in [1.54, 1.807) is 0 Å². The molecule has 1 aliphatic rings. The molecule has 0 radical (unpaired) electrons. The molecule has 1 N–H and O–H groups in total. The quantitative estimate of drug-likeness (QED) is 0.895. The summed E-state index contributed by atoms with van der Waals surface area (Å²) in [6.45, 7) is 3.03. The largest absolute Gasteiger partial charge is 0.480 e. The molecule has 0 unspecified atom stereocenters. The number of carboxylic acid groups (broad SMARTS) is 1. The zero-order valence-electron chi connectivity index (χ0n) is 12.2. The molecule has 1 heterocycles. The van der Waals surface area contributed by atoms with Gasteiger partial charge in [-0.3, -0.25) is 4.79 Å². The molecular weight excluding hydrogens is 270 g/mol. The summed E-state index contributed by atoms with van der Waals surface area (Å²) in [4.78, 5) is 24.5. The predicted octanol–water partition coefficient (Wildman–Crippen LogP) is 1.63. The van der Waals surface area contributed by atoms with Gasteiger partial charge in [0.15, 0.2) is 0 Å². The lowest BCUT2D eigenvalue weighted by Gasteiger charge is -2.31. The maximum Gasteiger partial charge on any atom is 0.329 e. The van der Waals surface area contributed by atoms with Crippen LogP contribution in [0.15, 0.2) is 24.3 Å². The third-order valence-corrected chi connectivity index (χ3v) is 3.71. The summed E-state index contributed by atoms with van der Waals surface area (Å²) in [5.41, 5.74) is 2.21. The number of benzene rings is 1. The fourth-order valence-corrected chi connectivity index (χ4v) is 2.45. The van der Waals surface area contributed by atoms with Crippen LogP contribution in [0.25, 0.3) is 0 Å². The number of likely N-dealkylation sites (tertiary alicyclic amines) is 1. The van der Waals surface area contributed by atoms with E-state index >= 15 is 0 Å². The Morgan fingerprint density at radius 3 is 2.43 bits per heavy atom. The molecule has 0 saturated carbocycles. The third kappa shape index (κ3) is 4.86. The van der Waals surface area contributed by atoms with E-state index in [4.69, 9.17) is 9.84 Å². The molecule has 1 saturated heterocycles. The number of carbonyl (C=O) groups is 2. The summed E-state index contributed by atoms with van der Waals surface area (Å²) in [5.74, 6) is -0.830. The smallest absolute Gasteiger partial charge is 0.329 e. The molecule has 1 amide bonds. The highest BCUT2D eigenvalue weighted by Gasteiger charge is 2.23. The van der Waals surface area contributed by atoms with Crippen LogP contribution in [0.1, 0.15) is 24.0 Å². The summed E-state index contributed by atoms with van der Waals surface area (Å²) in [5, 5.41) is 8.58. The van der Waals surface area contributed by atoms with Gasteiger partial charge in [0.05, 0.1) is 12.5 Å². The lowest BCUT2D eigenvalue weighted by atomic mass is 10.1. The van der Waals surface area contributed by atoms with Gasteiger partial charge in [-0.2, -0.15) is 0 Å². The number of aliphatic carboxylic acids is 1. The van der Waals surface area contributed by atoms with Crippen LogP contribution >= 0.6 is 0 Å². The van der Waals surface area contributed by atoms with Gasteiger partial charge in [0.1, 0.15) is 6.61 Å². The maximum absolute atomic E-state index is 12.2. The number of aryl methyl sites for hydroxylation is 1. The molecule has 5 heteroatoms. The van der Waals surface area contributed by atoms with Crippen LogP contribution < -0.4 is 0 Å². The molecule has 1 fully saturated rings. The van der Waals surface area contributed by atoms with Crippen LogP contribution in [-0.2, 0) is 20.7 Å². The fraction of sp³-hybridized carbons (Fsp3) is 0.500. The lowest BCUT2D eigenvalue weighted by molar-refractivity contribution is -0.146. The number of ether oxygens (including phenoxy) is 1. The minimum Gasteiger partial charge on any atom is -0.480 e. The van der Waals surface area contributed by atoms with Gasteiger partial charge in [-0.25, -0.2) is 4.79 Å². The summed E-state index contributed by atoms with van der Waals surface area (Å²) in [6, 6.07) is 7.98. The number of carboxylic acids is 1. The second kappa shape index (κ2) is 7.22. The van der Waals surface area contributed by atoms with Crippen LogP contribution in [0, 0.1) is 6.92 Å². The molecule has 5 nitrogen and oxygen atoms in total.